The molecule has 20 heavy (non-hydrogen) atoms. The van der Waals surface area contributed by atoms with E-state index in [4.69, 9.17) is 4.74 Å². The van der Waals surface area contributed by atoms with E-state index < -0.39 is 9.85 Å². The molecule has 0 unspecified atom stereocenters. The number of hydrogen-bond donors (Lipinski definition) is 1. The van der Waals surface area contributed by atoms with Crippen LogP contribution in [0.3, 0.4) is 0 Å². The Morgan fingerprint density at radius 1 is 0.850 bits per heavy atom. The van der Waals surface area contributed by atoms with Gasteiger partial charge in [0.15, 0.2) is 11.5 Å². The Morgan fingerprint density at radius 3 is 1.70 bits per heavy atom. The molecule has 0 atom stereocenters. The Morgan fingerprint density at radius 2 is 1.30 bits per heavy atom. The van der Waals surface area contributed by atoms with Gasteiger partial charge < -0.3 is 10.1 Å². The Labute approximate surface area is 111 Å². The Bertz CT molecular complexity index is 682. The van der Waals surface area contributed by atoms with E-state index in [1.807, 2.05) is 0 Å². The first kappa shape index (κ1) is 11.9. The zero-order valence-electron chi connectivity index (χ0n) is 9.90. The maximum absolute atomic E-state index is 10.7. The minimum Gasteiger partial charge on any atom is -0.452 e. The molecule has 8 nitrogen and oxygen atoms in total. The summed E-state index contributed by atoms with van der Waals surface area (Å²) in [6.45, 7) is 0. The lowest BCUT2D eigenvalue weighted by molar-refractivity contribution is -0.384. The van der Waals surface area contributed by atoms with Gasteiger partial charge >= 0.3 is 0 Å². The number of nitro groups is 2. The third-order valence-electron chi connectivity index (χ3n) is 2.84. The lowest BCUT2D eigenvalue weighted by Crippen LogP contribution is -2.04. The molecule has 0 fully saturated rings. The molecule has 0 aliphatic carbocycles. The van der Waals surface area contributed by atoms with E-state index in [-0.39, 0.29) is 22.9 Å². The summed E-state index contributed by atoms with van der Waals surface area (Å²) in [5.74, 6) is 0.513. The summed E-state index contributed by atoms with van der Waals surface area (Å²) >= 11 is 0. The van der Waals surface area contributed by atoms with Gasteiger partial charge in [-0.2, -0.15) is 0 Å². The fraction of sp³-hybridized carbons (Fsp3) is 0. The van der Waals surface area contributed by atoms with Crippen LogP contribution in [-0.2, 0) is 0 Å². The smallest absolute Gasteiger partial charge is 0.273 e. The maximum atomic E-state index is 10.7. The second kappa shape index (κ2) is 4.19. The molecule has 1 aliphatic rings. The van der Waals surface area contributed by atoms with E-state index in [0.29, 0.717) is 11.4 Å². The van der Waals surface area contributed by atoms with Crippen molar-refractivity contribution < 1.29 is 14.6 Å². The molecule has 1 heterocycles. The summed E-state index contributed by atoms with van der Waals surface area (Å²) in [5, 5.41) is 24.4. The van der Waals surface area contributed by atoms with Crippen LogP contribution in [0.25, 0.3) is 0 Å². The van der Waals surface area contributed by atoms with Crippen LogP contribution in [0.15, 0.2) is 36.4 Å². The maximum Gasteiger partial charge on any atom is 0.273 e. The van der Waals surface area contributed by atoms with E-state index in [1.54, 1.807) is 0 Å². The largest absolute Gasteiger partial charge is 0.452 e. The van der Waals surface area contributed by atoms with Crippen LogP contribution in [0, 0.1) is 20.2 Å². The van der Waals surface area contributed by atoms with Gasteiger partial charge in [-0.1, -0.05) is 0 Å². The Balaban J connectivity index is 2.03. The summed E-state index contributed by atoms with van der Waals surface area (Å²) in [5.41, 5.74) is 0.910. The number of benzene rings is 2. The second-order valence-corrected chi connectivity index (χ2v) is 4.10. The molecule has 0 spiro atoms. The number of nitrogens with one attached hydrogen (secondary N) is 1. The van der Waals surface area contributed by atoms with Crippen LogP contribution in [0.1, 0.15) is 0 Å². The number of hydrogen-bond acceptors (Lipinski definition) is 6. The Kier molecular flexibility index (Phi) is 2.50. The highest BCUT2D eigenvalue weighted by atomic mass is 16.6. The summed E-state index contributed by atoms with van der Waals surface area (Å²) in [6.07, 6.45) is 0. The molecular weight excluding hydrogens is 266 g/mol. The molecule has 1 aliphatic heterocycles. The summed E-state index contributed by atoms with van der Waals surface area (Å²) in [4.78, 5) is 20.4. The van der Waals surface area contributed by atoms with Gasteiger partial charge in [-0.25, -0.2) is 0 Å². The molecule has 0 saturated carbocycles. The van der Waals surface area contributed by atoms with Crippen molar-refractivity contribution in [3.8, 4) is 11.5 Å². The van der Waals surface area contributed by atoms with Crippen molar-refractivity contribution >= 4 is 22.7 Å². The topological polar surface area (TPSA) is 108 Å². The number of non-ortho nitro benzene ring substituents is 2. The van der Waals surface area contributed by atoms with Crippen LogP contribution in [0.2, 0.25) is 0 Å². The second-order valence-electron chi connectivity index (χ2n) is 4.10. The minimum absolute atomic E-state index is 0.112. The third-order valence-corrected chi connectivity index (χ3v) is 2.84. The van der Waals surface area contributed by atoms with Gasteiger partial charge in [-0.3, -0.25) is 20.2 Å². The molecule has 8 heteroatoms. The molecule has 0 saturated heterocycles. The molecule has 3 rings (SSSR count). The minimum atomic E-state index is -0.535. The van der Waals surface area contributed by atoms with Crippen molar-refractivity contribution in [2.75, 3.05) is 5.32 Å². The van der Waals surface area contributed by atoms with Crippen LogP contribution < -0.4 is 10.1 Å². The molecule has 2 aromatic carbocycles. The first-order valence-corrected chi connectivity index (χ1v) is 5.56. The van der Waals surface area contributed by atoms with Crippen molar-refractivity contribution in [2.24, 2.45) is 0 Å². The molecule has 0 amide bonds. The normalized spacial score (nSPS) is 11.6. The van der Waals surface area contributed by atoms with Crippen molar-refractivity contribution in [1.29, 1.82) is 0 Å². The highest BCUT2D eigenvalue weighted by Gasteiger charge is 2.21. The number of nitrogens with zero attached hydrogens (tertiary/aromatic N) is 2. The fourth-order valence-corrected chi connectivity index (χ4v) is 1.89. The van der Waals surface area contributed by atoms with Gasteiger partial charge in [0.05, 0.1) is 33.4 Å². The highest BCUT2D eigenvalue weighted by Crippen LogP contribution is 2.44. The lowest BCUT2D eigenvalue weighted by Gasteiger charge is -2.21. The van der Waals surface area contributed by atoms with E-state index in [2.05, 4.69) is 5.32 Å². The molecule has 0 radical (unpaired) electrons. The van der Waals surface area contributed by atoms with Crippen molar-refractivity contribution in [3.63, 3.8) is 0 Å². The average molecular weight is 273 g/mol. The van der Waals surface area contributed by atoms with Crippen LogP contribution in [0.5, 0.6) is 11.5 Å². The Hall–Kier alpha value is -3.16. The monoisotopic (exact) mass is 273 g/mol. The predicted octanol–water partition coefficient (Wildman–Crippen LogP) is 3.35. The molecule has 100 valence electrons. The molecule has 0 aromatic heterocycles. The van der Waals surface area contributed by atoms with Gasteiger partial charge in [0.2, 0.25) is 0 Å². The average Bonchev–Trinajstić information content (AvgIpc) is 2.43. The number of anilines is 2. The summed E-state index contributed by atoms with van der Waals surface area (Å²) in [6, 6.07) is 8.29. The standard InChI is InChI=1S/C12H7N3O5/c16-14(17)7-1-3-9-11(5-7)20-12-6-8(15(18)19)2-4-10(12)13-9/h1-6,13H. The zero-order chi connectivity index (χ0) is 14.3. The molecule has 1 N–H and O–H groups in total. The van der Waals surface area contributed by atoms with Crippen LogP contribution >= 0.6 is 0 Å². The van der Waals surface area contributed by atoms with Gasteiger partial charge in [0.1, 0.15) is 0 Å². The summed E-state index contributed by atoms with van der Waals surface area (Å²) in [7, 11) is 0. The third kappa shape index (κ3) is 1.88. The number of nitro benzene ring substituents is 2. The summed E-state index contributed by atoms with van der Waals surface area (Å²) < 4.78 is 5.49. The molecule has 0 bridgehead atoms. The molecule has 2 aromatic rings. The van der Waals surface area contributed by atoms with E-state index in [9.17, 15) is 20.2 Å². The number of ether oxygens (including phenoxy) is 1. The van der Waals surface area contributed by atoms with E-state index in [1.165, 1.54) is 36.4 Å². The van der Waals surface area contributed by atoms with Gasteiger partial charge in [-0.05, 0) is 12.1 Å². The van der Waals surface area contributed by atoms with Gasteiger partial charge in [-0.15, -0.1) is 0 Å². The first-order valence-electron chi connectivity index (χ1n) is 5.56. The van der Waals surface area contributed by atoms with Crippen LogP contribution in [-0.4, -0.2) is 9.85 Å². The van der Waals surface area contributed by atoms with Gasteiger partial charge in [0.25, 0.3) is 11.4 Å². The van der Waals surface area contributed by atoms with E-state index in [0.717, 1.165) is 0 Å². The number of fused-ring (bicyclic) bond motifs is 2. The highest BCUT2D eigenvalue weighted by molar-refractivity contribution is 5.77. The van der Waals surface area contributed by atoms with Crippen molar-refractivity contribution in [1.82, 2.24) is 0 Å². The zero-order valence-corrected chi connectivity index (χ0v) is 9.90. The lowest BCUT2D eigenvalue weighted by atomic mass is 10.2. The van der Waals surface area contributed by atoms with Crippen molar-refractivity contribution in [2.45, 2.75) is 0 Å². The van der Waals surface area contributed by atoms with Crippen molar-refractivity contribution in [3.05, 3.63) is 56.6 Å². The van der Waals surface area contributed by atoms with E-state index >= 15 is 0 Å². The predicted molar refractivity (Wildman–Crippen MR) is 69.5 cm³/mol. The fourth-order valence-electron chi connectivity index (χ4n) is 1.89. The SMILES string of the molecule is O=[N+]([O-])c1ccc2c(c1)Oc1cc([N+](=O)[O-])ccc1N2. The van der Waals surface area contributed by atoms with Crippen LogP contribution in [0.4, 0.5) is 22.7 Å². The van der Waals surface area contributed by atoms with Gasteiger partial charge in [0, 0.05) is 12.1 Å². The molecular formula is C12H7N3O5. The quantitative estimate of drug-likeness (QED) is 0.566. The first-order chi connectivity index (χ1) is 9.54. The number of rotatable bonds is 2.